The summed E-state index contributed by atoms with van der Waals surface area (Å²) in [5, 5.41) is 3.66. The number of hydrogen-bond donors (Lipinski definition) is 1. The molecule has 1 saturated heterocycles. The molecule has 0 spiro atoms. The van der Waals surface area contributed by atoms with Gasteiger partial charge in [0, 0.05) is 25.7 Å². The summed E-state index contributed by atoms with van der Waals surface area (Å²) in [6.45, 7) is 4.10. The maximum absolute atomic E-state index is 5.74. The molecule has 1 saturated carbocycles. The Morgan fingerprint density at radius 2 is 2.07 bits per heavy atom. The monoisotopic (exact) mass is 212 g/mol. The van der Waals surface area contributed by atoms with Gasteiger partial charge in [0.05, 0.1) is 12.7 Å². The summed E-state index contributed by atoms with van der Waals surface area (Å²) >= 11 is 0. The lowest BCUT2D eigenvalue weighted by atomic mass is 9.95. The maximum Gasteiger partial charge on any atom is 0.0826 e. The van der Waals surface area contributed by atoms with Gasteiger partial charge in [0.25, 0.3) is 0 Å². The van der Waals surface area contributed by atoms with Crippen LogP contribution < -0.4 is 5.32 Å². The van der Waals surface area contributed by atoms with E-state index < -0.39 is 0 Å². The fourth-order valence-corrected chi connectivity index (χ4v) is 2.60. The van der Waals surface area contributed by atoms with Crippen molar-refractivity contribution in [2.24, 2.45) is 0 Å². The first-order valence-corrected chi connectivity index (χ1v) is 6.38. The Morgan fingerprint density at radius 3 is 2.80 bits per heavy atom. The van der Waals surface area contributed by atoms with Gasteiger partial charge < -0.3 is 15.0 Å². The number of ether oxygens (including phenoxy) is 1. The number of nitrogens with one attached hydrogen (secondary N) is 1. The van der Waals surface area contributed by atoms with Crippen molar-refractivity contribution in [2.45, 2.75) is 44.2 Å². The molecule has 0 unspecified atom stereocenters. The van der Waals surface area contributed by atoms with E-state index in [9.17, 15) is 0 Å². The highest BCUT2D eigenvalue weighted by molar-refractivity contribution is 4.76. The first kappa shape index (κ1) is 11.4. The minimum absolute atomic E-state index is 0.408. The van der Waals surface area contributed by atoms with Crippen LogP contribution in [0.3, 0.4) is 0 Å². The van der Waals surface area contributed by atoms with Gasteiger partial charge in [-0.1, -0.05) is 19.3 Å². The molecule has 0 aromatic rings. The molecule has 3 nitrogen and oxygen atoms in total. The second kappa shape index (κ2) is 5.83. The summed E-state index contributed by atoms with van der Waals surface area (Å²) in [4.78, 5) is 2.36. The molecule has 1 aliphatic heterocycles. The smallest absolute Gasteiger partial charge is 0.0826 e. The third-order valence-corrected chi connectivity index (χ3v) is 3.58. The van der Waals surface area contributed by atoms with Gasteiger partial charge in [-0.3, -0.25) is 0 Å². The number of hydrogen-bond acceptors (Lipinski definition) is 3. The lowest BCUT2D eigenvalue weighted by Crippen LogP contribution is -2.47. The lowest BCUT2D eigenvalue weighted by molar-refractivity contribution is -0.0197. The van der Waals surface area contributed by atoms with Crippen LogP contribution in [0.2, 0.25) is 0 Å². The Kier molecular flexibility index (Phi) is 4.42. The third kappa shape index (κ3) is 3.74. The van der Waals surface area contributed by atoms with Gasteiger partial charge in [0.2, 0.25) is 0 Å². The molecule has 1 N–H and O–H groups in total. The molecule has 15 heavy (non-hydrogen) atoms. The highest BCUT2D eigenvalue weighted by atomic mass is 16.5. The van der Waals surface area contributed by atoms with Crippen LogP contribution >= 0.6 is 0 Å². The molecule has 2 aliphatic rings. The number of rotatable bonds is 3. The minimum atomic E-state index is 0.408. The van der Waals surface area contributed by atoms with Crippen molar-refractivity contribution < 1.29 is 4.74 Å². The molecule has 2 rings (SSSR count). The fourth-order valence-electron chi connectivity index (χ4n) is 2.60. The highest BCUT2D eigenvalue weighted by Gasteiger charge is 2.19. The second-order valence-electron chi connectivity index (χ2n) is 5.00. The molecular formula is C12H24N2O. The third-order valence-electron chi connectivity index (χ3n) is 3.58. The molecule has 3 heteroatoms. The van der Waals surface area contributed by atoms with E-state index in [1.807, 2.05) is 0 Å². The van der Waals surface area contributed by atoms with E-state index >= 15 is 0 Å². The standard InChI is InChI=1S/C12H24N2O/c1-14-7-8-15-12(10-14)9-13-11-5-3-2-4-6-11/h11-13H,2-10H2,1H3/t12-/m1/s1. The average Bonchev–Trinajstić information content (AvgIpc) is 2.28. The summed E-state index contributed by atoms with van der Waals surface area (Å²) in [6, 6.07) is 0.759. The van der Waals surface area contributed by atoms with Gasteiger partial charge in [-0.2, -0.15) is 0 Å². The molecule has 0 aromatic carbocycles. The molecule has 88 valence electrons. The normalized spacial score (nSPS) is 30.6. The van der Waals surface area contributed by atoms with Crippen molar-refractivity contribution in [2.75, 3.05) is 33.3 Å². The van der Waals surface area contributed by atoms with Crippen molar-refractivity contribution in [3.05, 3.63) is 0 Å². The first-order chi connectivity index (χ1) is 7.34. The van der Waals surface area contributed by atoms with Gasteiger partial charge in [0.15, 0.2) is 0 Å². The molecule has 1 aliphatic carbocycles. The number of likely N-dealkylation sites (N-methyl/N-ethyl adjacent to an activating group) is 1. The van der Waals surface area contributed by atoms with Gasteiger partial charge in [-0.05, 0) is 19.9 Å². The minimum Gasteiger partial charge on any atom is -0.374 e. The van der Waals surface area contributed by atoms with Gasteiger partial charge >= 0.3 is 0 Å². The van der Waals surface area contributed by atoms with Crippen LogP contribution in [0.15, 0.2) is 0 Å². The van der Waals surface area contributed by atoms with Crippen LogP contribution in [0, 0.1) is 0 Å². The molecule has 2 fully saturated rings. The largest absolute Gasteiger partial charge is 0.374 e. The van der Waals surface area contributed by atoms with Crippen LogP contribution in [0.25, 0.3) is 0 Å². The molecule has 0 aromatic heterocycles. The number of morpholine rings is 1. The van der Waals surface area contributed by atoms with E-state index in [0.29, 0.717) is 6.10 Å². The maximum atomic E-state index is 5.74. The zero-order valence-electron chi connectivity index (χ0n) is 9.87. The van der Waals surface area contributed by atoms with Gasteiger partial charge in [-0.15, -0.1) is 0 Å². The van der Waals surface area contributed by atoms with Crippen molar-refractivity contribution >= 4 is 0 Å². The summed E-state index contributed by atoms with van der Waals surface area (Å²) in [7, 11) is 2.18. The molecule has 0 bridgehead atoms. The summed E-state index contributed by atoms with van der Waals surface area (Å²) in [6.07, 6.45) is 7.38. The average molecular weight is 212 g/mol. The van der Waals surface area contributed by atoms with Crippen molar-refractivity contribution in [3.8, 4) is 0 Å². The summed E-state index contributed by atoms with van der Waals surface area (Å²) < 4.78 is 5.74. The quantitative estimate of drug-likeness (QED) is 0.762. The topological polar surface area (TPSA) is 24.5 Å². The number of nitrogens with zero attached hydrogens (tertiary/aromatic N) is 1. The Morgan fingerprint density at radius 1 is 1.27 bits per heavy atom. The van der Waals surface area contributed by atoms with Gasteiger partial charge in [0.1, 0.15) is 0 Å². The molecular weight excluding hydrogens is 188 g/mol. The van der Waals surface area contributed by atoms with Crippen LogP contribution in [-0.2, 0) is 4.74 Å². The molecule has 0 radical (unpaired) electrons. The SMILES string of the molecule is CN1CCO[C@H](CNC2CCCCC2)C1. The molecule has 0 amide bonds. The predicted octanol–water partition coefficient (Wildman–Crippen LogP) is 1.24. The van der Waals surface area contributed by atoms with Crippen LogP contribution in [0.5, 0.6) is 0 Å². The fraction of sp³-hybridized carbons (Fsp3) is 1.00. The predicted molar refractivity (Wildman–Crippen MR) is 62.1 cm³/mol. The van der Waals surface area contributed by atoms with E-state index in [1.54, 1.807) is 0 Å². The van der Waals surface area contributed by atoms with Gasteiger partial charge in [-0.25, -0.2) is 0 Å². The van der Waals surface area contributed by atoms with E-state index in [2.05, 4.69) is 17.3 Å². The van der Waals surface area contributed by atoms with Crippen LogP contribution in [0.4, 0.5) is 0 Å². The Labute approximate surface area is 93.2 Å². The summed E-state index contributed by atoms with van der Waals surface area (Å²) in [5.41, 5.74) is 0. The van der Waals surface area contributed by atoms with Crippen LogP contribution in [-0.4, -0.2) is 50.3 Å². The van der Waals surface area contributed by atoms with Crippen LogP contribution in [0.1, 0.15) is 32.1 Å². The molecule has 1 atom stereocenters. The van der Waals surface area contributed by atoms with Crippen molar-refractivity contribution in [3.63, 3.8) is 0 Å². The molecule has 1 heterocycles. The van der Waals surface area contributed by atoms with Crippen molar-refractivity contribution in [1.29, 1.82) is 0 Å². The Balaban J connectivity index is 1.63. The lowest BCUT2D eigenvalue weighted by Gasteiger charge is -2.32. The van der Waals surface area contributed by atoms with E-state index in [4.69, 9.17) is 4.74 Å². The van der Waals surface area contributed by atoms with Crippen molar-refractivity contribution in [1.82, 2.24) is 10.2 Å². The summed E-state index contributed by atoms with van der Waals surface area (Å²) in [5.74, 6) is 0. The first-order valence-electron chi connectivity index (χ1n) is 6.38. The second-order valence-corrected chi connectivity index (χ2v) is 5.00. The van der Waals surface area contributed by atoms with E-state index in [-0.39, 0.29) is 0 Å². The zero-order chi connectivity index (χ0) is 10.5. The highest BCUT2D eigenvalue weighted by Crippen LogP contribution is 2.17. The zero-order valence-corrected chi connectivity index (χ0v) is 9.87. The van der Waals surface area contributed by atoms with E-state index in [1.165, 1.54) is 32.1 Å². The Hall–Kier alpha value is -0.120. The Bertz CT molecular complexity index is 180. The van der Waals surface area contributed by atoms with E-state index in [0.717, 1.165) is 32.3 Å².